The maximum absolute atomic E-state index is 13.1. The molecule has 0 amide bonds. The minimum atomic E-state index is -0.859. The maximum atomic E-state index is 13.1. The molecule has 0 aliphatic heterocycles. The van der Waals surface area contributed by atoms with Gasteiger partial charge in [-0.1, -0.05) is 31.4 Å². The Hall–Kier alpha value is -4.79. The van der Waals surface area contributed by atoms with Crippen molar-refractivity contribution in [2.75, 3.05) is 13.2 Å². The van der Waals surface area contributed by atoms with Crippen molar-refractivity contribution in [2.24, 2.45) is 0 Å². The highest BCUT2D eigenvalue weighted by Crippen LogP contribution is 2.28. The third-order valence-corrected chi connectivity index (χ3v) is 6.50. The monoisotopic (exact) mass is 588 g/mol. The molecule has 2 aromatic carbocycles. The first-order chi connectivity index (χ1) is 20.5. The summed E-state index contributed by atoms with van der Waals surface area (Å²) in [6.45, 7) is 11.9. The Morgan fingerprint density at radius 1 is 0.744 bits per heavy atom. The molecule has 0 aliphatic rings. The number of benzene rings is 2. The van der Waals surface area contributed by atoms with Crippen LogP contribution in [-0.4, -0.2) is 36.9 Å². The van der Waals surface area contributed by atoms with E-state index >= 15 is 0 Å². The van der Waals surface area contributed by atoms with Gasteiger partial charge in [-0.05, 0) is 93.3 Å². The predicted molar refractivity (Wildman–Crippen MR) is 162 cm³/mol. The molecule has 1 aromatic heterocycles. The molecule has 0 saturated carbocycles. The maximum Gasteiger partial charge on any atom is 0.374 e. The van der Waals surface area contributed by atoms with Gasteiger partial charge >= 0.3 is 23.5 Å². The predicted octanol–water partition coefficient (Wildman–Crippen LogP) is 5.84. The average molecular weight is 589 g/mol. The van der Waals surface area contributed by atoms with Crippen molar-refractivity contribution in [3.8, 4) is 16.9 Å². The number of Topliss-reactive ketones (excluding diaryl/α,β-unsaturated/α-hetero) is 1. The summed E-state index contributed by atoms with van der Waals surface area (Å²) in [5, 5.41) is 0.747. The van der Waals surface area contributed by atoms with E-state index in [0.717, 1.165) is 29.9 Å². The number of ether oxygens (including phenoxy) is 3. The number of hydrogen-bond acceptors (Lipinski definition) is 9. The molecule has 1 heterocycles. The molecule has 226 valence electrons. The molecule has 0 spiro atoms. The molecule has 0 saturated heterocycles. The molecule has 0 aliphatic carbocycles. The van der Waals surface area contributed by atoms with Crippen molar-refractivity contribution in [2.45, 2.75) is 59.3 Å². The van der Waals surface area contributed by atoms with E-state index < -0.39 is 29.3 Å². The van der Waals surface area contributed by atoms with Crippen LogP contribution >= 0.6 is 0 Å². The Labute approximate surface area is 250 Å². The molecule has 0 radical (unpaired) electrons. The number of ketones is 1. The second-order valence-electron chi connectivity index (χ2n) is 10.3. The van der Waals surface area contributed by atoms with Crippen LogP contribution in [0.3, 0.4) is 0 Å². The van der Waals surface area contributed by atoms with E-state index in [1.165, 1.54) is 0 Å². The standard InChI is InChI=1S/C34H36O9/c1-21(2)31(36)40-16-8-6-10-24-18-26(11-7-9-17-41-33(38)23(5)35)30-27(19-24)20-29(34(39)43-30)25-12-14-28(15-13-25)42-32(37)22(3)4/h12-15,18-20H,1,3,6-11,16-17H2,2,4-5H3. The van der Waals surface area contributed by atoms with E-state index in [1.54, 1.807) is 44.2 Å². The smallest absolute Gasteiger partial charge is 0.374 e. The topological polar surface area (TPSA) is 126 Å². The van der Waals surface area contributed by atoms with Crippen LogP contribution in [0.2, 0.25) is 0 Å². The summed E-state index contributed by atoms with van der Waals surface area (Å²) in [5.74, 6) is -2.12. The first-order valence-corrected chi connectivity index (χ1v) is 14.0. The fourth-order valence-electron chi connectivity index (χ4n) is 4.21. The molecule has 0 N–H and O–H groups in total. The Kier molecular flexibility index (Phi) is 11.8. The number of hydrogen-bond donors (Lipinski definition) is 0. The number of esters is 3. The SMILES string of the molecule is C=C(C)C(=O)OCCCCc1cc(CCCCOC(=O)C(C)=O)c2oc(=O)c(-c3ccc(OC(=O)C(=C)C)cc3)cc2c1. The summed E-state index contributed by atoms with van der Waals surface area (Å²) in [6, 6.07) is 12.3. The van der Waals surface area contributed by atoms with Gasteiger partial charge in [0, 0.05) is 23.5 Å². The summed E-state index contributed by atoms with van der Waals surface area (Å²) in [6.07, 6.45) is 3.87. The van der Waals surface area contributed by atoms with Crippen LogP contribution in [0.4, 0.5) is 0 Å². The second-order valence-corrected chi connectivity index (χ2v) is 10.3. The molecule has 3 aromatic rings. The van der Waals surface area contributed by atoms with Crippen molar-refractivity contribution >= 4 is 34.7 Å². The van der Waals surface area contributed by atoms with Gasteiger partial charge in [-0.15, -0.1) is 0 Å². The lowest BCUT2D eigenvalue weighted by Crippen LogP contribution is -2.14. The first-order valence-electron chi connectivity index (χ1n) is 14.0. The number of aryl methyl sites for hydroxylation is 2. The van der Waals surface area contributed by atoms with E-state index in [2.05, 4.69) is 13.2 Å². The van der Waals surface area contributed by atoms with Gasteiger partial charge in [-0.3, -0.25) is 4.79 Å². The Balaban J connectivity index is 1.83. The Morgan fingerprint density at radius 2 is 1.35 bits per heavy atom. The van der Waals surface area contributed by atoms with Crippen molar-refractivity contribution in [1.82, 2.24) is 0 Å². The summed E-state index contributed by atoms with van der Waals surface area (Å²) >= 11 is 0. The van der Waals surface area contributed by atoms with Gasteiger partial charge in [0.15, 0.2) is 0 Å². The fraction of sp³-hybridized carbons (Fsp3) is 0.324. The molecule has 0 unspecified atom stereocenters. The molecular weight excluding hydrogens is 552 g/mol. The fourth-order valence-corrected chi connectivity index (χ4v) is 4.21. The largest absolute Gasteiger partial charge is 0.462 e. The van der Waals surface area contributed by atoms with Gasteiger partial charge in [0.05, 0.1) is 18.8 Å². The van der Waals surface area contributed by atoms with Crippen molar-refractivity contribution in [3.05, 3.63) is 88.3 Å². The number of unbranched alkanes of at least 4 members (excludes halogenated alkanes) is 2. The molecule has 9 nitrogen and oxygen atoms in total. The van der Waals surface area contributed by atoms with Crippen LogP contribution in [-0.2, 0) is 41.5 Å². The minimum absolute atomic E-state index is 0.116. The summed E-state index contributed by atoms with van der Waals surface area (Å²) in [5.41, 5.74) is 3.42. The average Bonchev–Trinajstić information content (AvgIpc) is 2.96. The van der Waals surface area contributed by atoms with Crippen molar-refractivity contribution in [3.63, 3.8) is 0 Å². The number of rotatable bonds is 15. The molecule has 0 bridgehead atoms. The van der Waals surface area contributed by atoms with Gasteiger partial charge in [-0.2, -0.15) is 0 Å². The Morgan fingerprint density at radius 3 is 1.95 bits per heavy atom. The molecule has 9 heteroatoms. The zero-order valence-corrected chi connectivity index (χ0v) is 24.8. The summed E-state index contributed by atoms with van der Waals surface area (Å²) in [7, 11) is 0. The quantitative estimate of drug-likeness (QED) is 0.0537. The molecular formula is C34H36O9. The molecule has 43 heavy (non-hydrogen) atoms. The van der Waals surface area contributed by atoms with E-state index in [4.69, 9.17) is 18.6 Å². The molecule has 0 fully saturated rings. The van der Waals surface area contributed by atoms with Crippen LogP contribution in [0, 0.1) is 0 Å². The van der Waals surface area contributed by atoms with Gasteiger partial charge < -0.3 is 18.6 Å². The lowest BCUT2D eigenvalue weighted by molar-refractivity contribution is -0.153. The van der Waals surface area contributed by atoms with Crippen molar-refractivity contribution < 1.29 is 37.8 Å². The minimum Gasteiger partial charge on any atom is -0.462 e. The van der Waals surface area contributed by atoms with E-state index in [1.807, 2.05) is 12.1 Å². The van der Waals surface area contributed by atoms with Crippen LogP contribution in [0.1, 0.15) is 57.6 Å². The highest BCUT2D eigenvalue weighted by atomic mass is 16.5. The lowest BCUT2D eigenvalue weighted by atomic mass is 9.97. The van der Waals surface area contributed by atoms with E-state index in [9.17, 15) is 24.0 Å². The highest BCUT2D eigenvalue weighted by Gasteiger charge is 2.14. The van der Waals surface area contributed by atoms with Crippen LogP contribution in [0.15, 0.2) is 76.0 Å². The number of fused-ring (bicyclic) bond motifs is 1. The summed E-state index contributed by atoms with van der Waals surface area (Å²) in [4.78, 5) is 59.0. The van der Waals surface area contributed by atoms with Crippen LogP contribution in [0.5, 0.6) is 5.75 Å². The molecule has 0 atom stereocenters. The molecule has 3 rings (SSSR count). The summed E-state index contributed by atoms with van der Waals surface area (Å²) < 4.78 is 21.2. The zero-order valence-electron chi connectivity index (χ0n) is 24.8. The van der Waals surface area contributed by atoms with Crippen LogP contribution < -0.4 is 10.4 Å². The number of carbonyl (C=O) groups is 4. The van der Waals surface area contributed by atoms with Gasteiger partial charge in [0.1, 0.15) is 11.3 Å². The number of carbonyl (C=O) groups excluding carboxylic acids is 4. The van der Waals surface area contributed by atoms with Gasteiger partial charge in [0.25, 0.3) is 0 Å². The zero-order chi connectivity index (χ0) is 31.5. The van der Waals surface area contributed by atoms with E-state index in [-0.39, 0.29) is 12.2 Å². The van der Waals surface area contributed by atoms with Gasteiger partial charge in [-0.25, -0.2) is 19.2 Å². The normalized spacial score (nSPS) is 10.7. The van der Waals surface area contributed by atoms with Crippen LogP contribution in [0.25, 0.3) is 22.1 Å². The Bertz CT molecular complexity index is 1590. The highest BCUT2D eigenvalue weighted by molar-refractivity contribution is 6.32. The third kappa shape index (κ3) is 9.63. The van der Waals surface area contributed by atoms with Crippen molar-refractivity contribution in [1.29, 1.82) is 0 Å². The first kappa shape index (κ1) is 32.7. The second kappa shape index (κ2) is 15.4. The van der Waals surface area contributed by atoms with E-state index in [0.29, 0.717) is 66.7 Å². The van der Waals surface area contributed by atoms with Gasteiger partial charge in [0.2, 0.25) is 5.78 Å². The third-order valence-electron chi connectivity index (χ3n) is 6.50. The lowest BCUT2D eigenvalue weighted by Gasteiger charge is -2.12.